The summed E-state index contributed by atoms with van der Waals surface area (Å²) in [5, 5.41) is 10.7. The molecule has 0 aromatic heterocycles. The number of likely N-dealkylation sites (N-methyl/N-ethyl adjacent to an activating group) is 1. The minimum atomic E-state index is -0.237. The molecule has 1 aliphatic heterocycles. The van der Waals surface area contributed by atoms with Crippen LogP contribution in [0, 0.1) is 0 Å². The summed E-state index contributed by atoms with van der Waals surface area (Å²) in [6.07, 6.45) is 0. The number of amides is 2. The molecule has 5 heteroatoms. The molecule has 1 aliphatic rings. The van der Waals surface area contributed by atoms with Gasteiger partial charge in [0.15, 0.2) is 0 Å². The van der Waals surface area contributed by atoms with Crippen molar-refractivity contribution in [3.8, 4) is 0 Å². The van der Waals surface area contributed by atoms with E-state index in [1.165, 1.54) is 4.90 Å². The van der Waals surface area contributed by atoms with Gasteiger partial charge < -0.3 is 5.11 Å². The zero-order valence-electron chi connectivity index (χ0n) is 13.2. The van der Waals surface area contributed by atoms with Gasteiger partial charge in [0.1, 0.15) is 0 Å². The van der Waals surface area contributed by atoms with Gasteiger partial charge in [-0.15, -0.1) is 0 Å². The molecule has 0 saturated heterocycles. The Morgan fingerprint density at radius 3 is 2.13 bits per heavy atom. The number of carbonyl (C=O) groups excluding carboxylic acids is 2. The van der Waals surface area contributed by atoms with Crippen molar-refractivity contribution in [3.05, 3.63) is 47.5 Å². The topological polar surface area (TPSA) is 60.9 Å². The lowest BCUT2D eigenvalue weighted by atomic mass is 9.94. The van der Waals surface area contributed by atoms with Gasteiger partial charge in [-0.25, -0.2) is 0 Å². The molecule has 0 atom stereocenters. The molecule has 0 bridgehead atoms. The third-order valence-electron chi connectivity index (χ3n) is 4.36. The molecule has 1 heterocycles. The Morgan fingerprint density at radius 2 is 1.61 bits per heavy atom. The highest BCUT2D eigenvalue weighted by atomic mass is 16.3. The van der Waals surface area contributed by atoms with E-state index in [-0.39, 0.29) is 18.4 Å². The van der Waals surface area contributed by atoms with E-state index in [1.807, 2.05) is 36.1 Å². The molecule has 0 unspecified atom stereocenters. The van der Waals surface area contributed by atoms with Crippen molar-refractivity contribution in [2.75, 3.05) is 32.8 Å². The number of imide groups is 1. The Labute approximate surface area is 135 Å². The van der Waals surface area contributed by atoms with E-state index >= 15 is 0 Å². The van der Waals surface area contributed by atoms with Crippen LogP contribution < -0.4 is 0 Å². The Kier molecular flexibility index (Phi) is 4.41. The van der Waals surface area contributed by atoms with Gasteiger partial charge in [-0.3, -0.25) is 19.4 Å². The number of benzene rings is 2. The lowest BCUT2D eigenvalue weighted by Gasteiger charge is -2.29. The van der Waals surface area contributed by atoms with Crippen LogP contribution in [0.1, 0.15) is 27.6 Å². The fraction of sp³-hybridized carbons (Fsp3) is 0.333. The molecule has 3 rings (SSSR count). The predicted molar refractivity (Wildman–Crippen MR) is 88.5 cm³/mol. The first-order chi connectivity index (χ1) is 11.2. The van der Waals surface area contributed by atoms with Crippen molar-refractivity contribution in [1.29, 1.82) is 0 Å². The van der Waals surface area contributed by atoms with Gasteiger partial charge in [0.25, 0.3) is 11.8 Å². The second-order valence-electron chi connectivity index (χ2n) is 5.63. The summed E-state index contributed by atoms with van der Waals surface area (Å²) in [7, 11) is 0. The highest BCUT2D eigenvalue weighted by Crippen LogP contribution is 2.29. The minimum absolute atomic E-state index is 0.0673. The standard InChI is InChI=1S/C18H20N2O3/c1-2-19(11-12-21)9-10-20-17(22)14-7-3-5-13-6-4-8-15(16(13)14)18(20)23/h3-8,21H,2,9-12H2,1H3. The SMILES string of the molecule is CCN(CCO)CCN1C(=O)c2cccc3cccc(c23)C1=O. The number of aliphatic hydroxyl groups excluding tert-OH is 1. The summed E-state index contributed by atoms with van der Waals surface area (Å²) < 4.78 is 0. The Balaban J connectivity index is 1.91. The van der Waals surface area contributed by atoms with Gasteiger partial charge in [0.05, 0.1) is 6.61 Å². The zero-order valence-corrected chi connectivity index (χ0v) is 13.2. The average Bonchev–Trinajstić information content (AvgIpc) is 2.58. The van der Waals surface area contributed by atoms with E-state index in [2.05, 4.69) is 0 Å². The van der Waals surface area contributed by atoms with Gasteiger partial charge in [-0.1, -0.05) is 31.2 Å². The Bertz CT molecular complexity index is 706. The number of rotatable bonds is 6. The molecule has 0 radical (unpaired) electrons. The molecular weight excluding hydrogens is 292 g/mol. The molecule has 0 fully saturated rings. The van der Waals surface area contributed by atoms with Crippen molar-refractivity contribution in [1.82, 2.24) is 9.80 Å². The zero-order chi connectivity index (χ0) is 16.4. The number of carbonyl (C=O) groups is 2. The highest BCUT2D eigenvalue weighted by molar-refractivity contribution is 6.25. The third-order valence-corrected chi connectivity index (χ3v) is 4.36. The smallest absolute Gasteiger partial charge is 0.261 e. The van der Waals surface area contributed by atoms with Gasteiger partial charge in [-0.2, -0.15) is 0 Å². The van der Waals surface area contributed by atoms with E-state index in [9.17, 15) is 9.59 Å². The molecular formula is C18H20N2O3. The maximum Gasteiger partial charge on any atom is 0.261 e. The van der Waals surface area contributed by atoms with Crippen LogP contribution in [0.4, 0.5) is 0 Å². The first kappa shape index (κ1) is 15.6. The quantitative estimate of drug-likeness (QED) is 0.826. The molecule has 1 N–H and O–H groups in total. The molecule has 0 aliphatic carbocycles. The van der Waals surface area contributed by atoms with Crippen molar-refractivity contribution in [2.45, 2.75) is 6.92 Å². The van der Waals surface area contributed by atoms with Crippen LogP contribution in [-0.4, -0.2) is 59.5 Å². The summed E-state index contributed by atoms with van der Waals surface area (Å²) in [5.41, 5.74) is 1.17. The van der Waals surface area contributed by atoms with E-state index in [1.54, 1.807) is 12.1 Å². The van der Waals surface area contributed by atoms with Crippen molar-refractivity contribution < 1.29 is 14.7 Å². The predicted octanol–water partition coefficient (Wildman–Crippen LogP) is 1.75. The van der Waals surface area contributed by atoms with Crippen LogP contribution in [0.5, 0.6) is 0 Å². The monoisotopic (exact) mass is 312 g/mol. The normalized spacial score (nSPS) is 14.1. The van der Waals surface area contributed by atoms with Crippen molar-refractivity contribution in [3.63, 3.8) is 0 Å². The summed E-state index contributed by atoms with van der Waals surface area (Å²) >= 11 is 0. The molecule has 0 spiro atoms. The average molecular weight is 312 g/mol. The minimum Gasteiger partial charge on any atom is -0.395 e. The second-order valence-corrected chi connectivity index (χ2v) is 5.63. The largest absolute Gasteiger partial charge is 0.395 e. The Morgan fingerprint density at radius 1 is 1.00 bits per heavy atom. The number of nitrogens with zero attached hydrogens (tertiary/aromatic N) is 2. The third kappa shape index (κ3) is 2.73. The fourth-order valence-corrected chi connectivity index (χ4v) is 3.09. The lowest BCUT2D eigenvalue weighted by molar-refractivity contribution is 0.0590. The molecule has 2 amide bonds. The summed E-state index contributed by atoms with van der Waals surface area (Å²) in [6, 6.07) is 11.1. The van der Waals surface area contributed by atoms with Gasteiger partial charge >= 0.3 is 0 Å². The molecule has 23 heavy (non-hydrogen) atoms. The van der Waals surface area contributed by atoms with Crippen LogP contribution in [-0.2, 0) is 0 Å². The van der Waals surface area contributed by atoms with Gasteiger partial charge in [0.2, 0.25) is 0 Å². The van der Waals surface area contributed by atoms with Gasteiger partial charge in [0, 0.05) is 36.1 Å². The summed E-state index contributed by atoms with van der Waals surface area (Å²) in [6.45, 7) is 4.26. The van der Waals surface area contributed by atoms with E-state index in [0.717, 1.165) is 17.3 Å². The molecule has 5 nitrogen and oxygen atoms in total. The van der Waals surface area contributed by atoms with Crippen LogP contribution in [0.2, 0.25) is 0 Å². The maximum atomic E-state index is 12.7. The van der Waals surface area contributed by atoms with E-state index in [0.29, 0.717) is 30.8 Å². The Hall–Kier alpha value is -2.24. The number of hydrogen-bond acceptors (Lipinski definition) is 4. The van der Waals surface area contributed by atoms with Crippen LogP contribution >= 0.6 is 0 Å². The first-order valence-electron chi connectivity index (χ1n) is 7.88. The van der Waals surface area contributed by atoms with E-state index in [4.69, 9.17) is 5.11 Å². The second kappa shape index (κ2) is 6.48. The lowest BCUT2D eigenvalue weighted by Crippen LogP contribution is -2.45. The number of hydrogen-bond donors (Lipinski definition) is 1. The van der Waals surface area contributed by atoms with Crippen molar-refractivity contribution in [2.24, 2.45) is 0 Å². The molecule has 2 aromatic rings. The molecule has 0 saturated carbocycles. The van der Waals surface area contributed by atoms with Crippen LogP contribution in [0.15, 0.2) is 36.4 Å². The van der Waals surface area contributed by atoms with Gasteiger partial charge in [-0.05, 0) is 24.1 Å². The molecule has 2 aromatic carbocycles. The maximum absolute atomic E-state index is 12.7. The summed E-state index contributed by atoms with van der Waals surface area (Å²) in [5.74, 6) is -0.473. The number of aliphatic hydroxyl groups is 1. The van der Waals surface area contributed by atoms with Crippen LogP contribution in [0.3, 0.4) is 0 Å². The fourth-order valence-electron chi connectivity index (χ4n) is 3.09. The first-order valence-corrected chi connectivity index (χ1v) is 7.88. The molecule has 120 valence electrons. The highest BCUT2D eigenvalue weighted by Gasteiger charge is 2.32. The van der Waals surface area contributed by atoms with Crippen molar-refractivity contribution >= 4 is 22.6 Å². The summed E-state index contributed by atoms with van der Waals surface area (Å²) in [4.78, 5) is 28.8. The van der Waals surface area contributed by atoms with Crippen LogP contribution in [0.25, 0.3) is 10.8 Å². The van der Waals surface area contributed by atoms with E-state index < -0.39 is 0 Å².